The summed E-state index contributed by atoms with van der Waals surface area (Å²) in [6, 6.07) is 9.68. The number of benzene rings is 1. The summed E-state index contributed by atoms with van der Waals surface area (Å²) in [6.07, 6.45) is 8.41. The van der Waals surface area contributed by atoms with E-state index in [0.29, 0.717) is 16.9 Å². The van der Waals surface area contributed by atoms with Gasteiger partial charge in [0.15, 0.2) is 0 Å². The molecule has 0 aromatic heterocycles. The van der Waals surface area contributed by atoms with Crippen molar-refractivity contribution in [2.75, 3.05) is 20.2 Å². The predicted molar refractivity (Wildman–Crippen MR) is 94.6 cm³/mol. The normalized spacial score (nSPS) is 21.5. The zero-order valence-corrected chi connectivity index (χ0v) is 14.5. The number of aliphatic hydroxyl groups excluding tert-OH is 1. The highest BCUT2D eigenvalue weighted by atomic mass is 16.3. The fraction of sp³-hybridized carbons (Fsp3) is 0.600. The number of carbonyl (C=O) groups excluding carboxylic acids is 1. The van der Waals surface area contributed by atoms with Crippen LogP contribution in [0.3, 0.4) is 0 Å². The standard InChI is InChI=1S/C12H16N2O.C8H12O/c1-14-9-12(5-6-15)11-4-2-3-10(7-11)8-13;9-6-7-2-5-8(7)3-1-4-8/h2-4,7,12,14-15H,5-6,9H2,1H3;6-7H,1-5H2. The minimum Gasteiger partial charge on any atom is -0.396 e. The lowest BCUT2D eigenvalue weighted by atomic mass is 9.50. The van der Waals surface area contributed by atoms with Crippen molar-refractivity contribution in [3.63, 3.8) is 0 Å². The van der Waals surface area contributed by atoms with Crippen LogP contribution in [0.4, 0.5) is 0 Å². The Labute approximate surface area is 144 Å². The van der Waals surface area contributed by atoms with E-state index in [1.54, 1.807) is 6.07 Å². The molecule has 2 atom stereocenters. The summed E-state index contributed by atoms with van der Waals surface area (Å²) in [6.45, 7) is 0.985. The molecular formula is C20H28N2O2. The Bertz CT molecular complexity index is 564. The van der Waals surface area contributed by atoms with E-state index in [4.69, 9.17) is 10.4 Å². The van der Waals surface area contributed by atoms with Crippen LogP contribution in [0.15, 0.2) is 24.3 Å². The number of aldehydes is 1. The van der Waals surface area contributed by atoms with Gasteiger partial charge in [-0.15, -0.1) is 0 Å². The van der Waals surface area contributed by atoms with Crippen molar-refractivity contribution in [2.24, 2.45) is 11.3 Å². The van der Waals surface area contributed by atoms with Gasteiger partial charge in [-0.2, -0.15) is 5.26 Å². The first-order valence-electron chi connectivity index (χ1n) is 8.90. The number of nitrogens with one attached hydrogen (secondary N) is 1. The Hall–Kier alpha value is -1.70. The maximum absolute atomic E-state index is 10.4. The van der Waals surface area contributed by atoms with Gasteiger partial charge >= 0.3 is 0 Å². The third-order valence-corrected chi connectivity index (χ3v) is 5.67. The average Bonchev–Trinajstić information content (AvgIpc) is 2.53. The molecule has 2 N–H and O–H groups in total. The second-order valence-corrected chi connectivity index (χ2v) is 7.00. The van der Waals surface area contributed by atoms with Gasteiger partial charge in [0.1, 0.15) is 6.29 Å². The van der Waals surface area contributed by atoms with Gasteiger partial charge in [0.05, 0.1) is 11.6 Å². The van der Waals surface area contributed by atoms with Gasteiger partial charge in [0.2, 0.25) is 0 Å². The van der Waals surface area contributed by atoms with E-state index in [9.17, 15) is 4.79 Å². The van der Waals surface area contributed by atoms with Crippen LogP contribution in [0.5, 0.6) is 0 Å². The fourth-order valence-electron chi connectivity index (χ4n) is 3.83. The summed E-state index contributed by atoms with van der Waals surface area (Å²) in [4.78, 5) is 10.4. The molecule has 2 aliphatic rings. The fourth-order valence-corrected chi connectivity index (χ4v) is 3.83. The minimum atomic E-state index is 0.170. The molecule has 0 saturated heterocycles. The van der Waals surface area contributed by atoms with Gasteiger partial charge in [0.25, 0.3) is 0 Å². The highest BCUT2D eigenvalue weighted by Gasteiger charge is 2.50. The van der Waals surface area contributed by atoms with E-state index in [1.165, 1.54) is 38.4 Å². The zero-order chi connectivity index (χ0) is 17.4. The summed E-state index contributed by atoms with van der Waals surface area (Å²) in [5.74, 6) is 0.722. The summed E-state index contributed by atoms with van der Waals surface area (Å²) in [5, 5.41) is 20.8. The van der Waals surface area contributed by atoms with Crippen molar-refractivity contribution in [3.05, 3.63) is 35.4 Å². The number of hydrogen-bond acceptors (Lipinski definition) is 4. The first-order valence-corrected chi connectivity index (χ1v) is 8.90. The van der Waals surface area contributed by atoms with Gasteiger partial charge in [-0.25, -0.2) is 0 Å². The van der Waals surface area contributed by atoms with Crippen LogP contribution in [0.1, 0.15) is 55.6 Å². The number of nitriles is 1. The summed E-state index contributed by atoms with van der Waals surface area (Å²) in [5.41, 5.74) is 2.32. The summed E-state index contributed by atoms with van der Waals surface area (Å²) in [7, 11) is 1.89. The molecule has 0 aliphatic heterocycles. The maximum Gasteiger partial charge on any atom is 0.123 e. The number of rotatable bonds is 6. The molecule has 2 fully saturated rings. The van der Waals surface area contributed by atoms with Crippen LogP contribution >= 0.6 is 0 Å². The maximum atomic E-state index is 10.4. The van der Waals surface area contributed by atoms with Gasteiger partial charge in [-0.3, -0.25) is 0 Å². The average molecular weight is 328 g/mol. The van der Waals surface area contributed by atoms with Gasteiger partial charge in [-0.05, 0) is 68.2 Å². The van der Waals surface area contributed by atoms with E-state index in [-0.39, 0.29) is 12.5 Å². The van der Waals surface area contributed by atoms with Crippen LogP contribution in [0.2, 0.25) is 0 Å². The smallest absolute Gasteiger partial charge is 0.123 e. The van der Waals surface area contributed by atoms with Gasteiger partial charge in [0, 0.05) is 19.1 Å². The number of likely N-dealkylation sites (N-methyl/N-ethyl adjacent to an activating group) is 1. The second kappa shape index (κ2) is 8.96. The molecule has 0 heterocycles. The monoisotopic (exact) mass is 328 g/mol. The second-order valence-electron chi connectivity index (χ2n) is 7.00. The van der Waals surface area contributed by atoms with Crippen molar-refractivity contribution in [1.29, 1.82) is 5.26 Å². The van der Waals surface area contributed by atoms with Crippen molar-refractivity contribution in [3.8, 4) is 6.07 Å². The van der Waals surface area contributed by atoms with Crippen molar-refractivity contribution >= 4 is 6.29 Å². The quantitative estimate of drug-likeness (QED) is 0.787. The van der Waals surface area contributed by atoms with E-state index >= 15 is 0 Å². The first-order chi connectivity index (χ1) is 11.7. The number of nitrogens with zero attached hydrogens (tertiary/aromatic N) is 1. The number of hydrogen-bond donors (Lipinski definition) is 2. The molecular weight excluding hydrogens is 300 g/mol. The molecule has 2 unspecified atom stereocenters. The molecule has 24 heavy (non-hydrogen) atoms. The minimum absolute atomic E-state index is 0.170. The highest BCUT2D eigenvalue weighted by Crippen LogP contribution is 2.58. The van der Waals surface area contributed by atoms with Gasteiger partial charge < -0.3 is 15.2 Å². The van der Waals surface area contributed by atoms with Crippen LogP contribution in [0.25, 0.3) is 0 Å². The molecule has 2 aliphatic carbocycles. The van der Waals surface area contributed by atoms with Crippen molar-refractivity contribution in [2.45, 2.75) is 44.4 Å². The highest BCUT2D eigenvalue weighted by molar-refractivity contribution is 5.57. The Morgan fingerprint density at radius 1 is 1.46 bits per heavy atom. The first kappa shape index (κ1) is 18.6. The summed E-state index contributed by atoms with van der Waals surface area (Å²) < 4.78 is 0. The van der Waals surface area contributed by atoms with Gasteiger partial charge in [-0.1, -0.05) is 18.6 Å². The Morgan fingerprint density at radius 2 is 2.25 bits per heavy atom. The van der Waals surface area contributed by atoms with E-state index in [1.807, 2.05) is 25.2 Å². The molecule has 2 saturated carbocycles. The molecule has 3 rings (SSSR count). The molecule has 1 aromatic carbocycles. The largest absolute Gasteiger partial charge is 0.396 e. The third-order valence-electron chi connectivity index (χ3n) is 5.67. The van der Waals surface area contributed by atoms with E-state index in [2.05, 4.69) is 11.4 Å². The number of aliphatic hydroxyl groups is 1. The molecule has 0 amide bonds. The molecule has 4 heteroatoms. The molecule has 0 radical (unpaired) electrons. The Morgan fingerprint density at radius 3 is 2.67 bits per heavy atom. The van der Waals surface area contributed by atoms with Crippen LogP contribution in [-0.4, -0.2) is 31.6 Å². The van der Waals surface area contributed by atoms with Crippen LogP contribution in [-0.2, 0) is 4.79 Å². The third kappa shape index (κ3) is 4.23. The SMILES string of the molecule is CNCC(CCO)c1cccc(C#N)c1.O=CC1CCC12CCC2. The lowest BCUT2D eigenvalue weighted by Crippen LogP contribution is -2.46. The zero-order valence-electron chi connectivity index (χ0n) is 14.5. The Balaban J connectivity index is 0.000000194. The predicted octanol–water partition coefficient (Wildman–Crippen LogP) is 3.01. The molecule has 1 aromatic rings. The Kier molecular flexibility index (Phi) is 6.96. The lowest BCUT2D eigenvalue weighted by Gasteiger charge is -2.54. The lowest BCUT2D eigenvalue weighted by molar-refractivity contribution is -0.128. The molecule has 1 spiro atoms. The van der Waals surface area contributed by atoms with E-state index < -0.39 is 0 Å². The molecule has 130 valence electrons. The number of carbonyl (C=O) groups is 1. The topological polar surface area (TPSA) is 73.1 Å². The van der Waals surface area contributed by atoms with E-state index in [0.717, 1.165) is 18.5 Å². The molecule has 4 nitrogen and oxygen atoms in total. The van der Waals surface area contributed by atoms with Crippen LogP contribution < -0.4 is 5.32 Å². The van der Waals surface area contributed by atoms with Crippen LogP contribution in [0, 0.1) is 22.7 Å². The summed E-state index contributed by atoms with van der Waals surface area (Å²) >= 11 is 0. The van der Waals surface area contributed by atoms with Crippen molar-refractivity contribution < 1.29 is 9.90 Å². The molecule has 0 bridgehead atoms. The van der Waals surface area contributed by atoms with Crippen molar-refractivity contribution in [1.82, 2.24) is 5.32 Å².